The number of halogens is 2. The van der Waals surface area contributed by atoms with Crippen LogP contribution in [0.5, 0.6) is 0 Å². The molecule has 2 unspecified atom stereocenters. The number of rotatable bonds is 4. The monoisotopic (exact) mass is 244 g/mol. The summed E-state index contributed by atoms with van der Waals surface area (Å²) in [6, 6.07) is 2.55. The number of carbonyl (C=O) groups is 1. The van der Waals surface area contributed by atoms with E-state index in [0.29, 0.717) is 6.07 Å². The van der Waals surface area contributed by atoms with Crippen LogP contribution in [-0.4, -0.2) is 16.2 Å². The van der Waals surface area contributed by atoms with Gasteiger partial charge < -0.3 is 10.2 Å². The van der Waals surface area contributed by atoms with Crippen LogP contribution in [0.1, 0.15) is 25.8 Å². The molecule has 0 saturated heterocycles. The summed E-state index contributed by atoms with van der Waals surface area (Å²) < 4.78 is 26.1. The predicted octanol–water partition coefficient (Wildman–Crippen LogP) is 2.28. The van der Waals surface area contributed by atoms with Gasteiger partial charge >= 0.3 is 5.97 Å². The van der Waals surface area contributed by atoms with Crippen LogP contribution in [-0.2, 0) is 10.4 Å². The molecule has 1 rings (SSSR count). The molecule has 3 nitrogen and oxygen atoms in total. The van der Waals surface area contributed by atoms with Gasteiger partial charge in [-0.2, -0.15) is 0 Å². The van der Waals surface area contributed by atoms with Gasteiger partial charge in [-0.1, -0.05) is 6.92 Å². The zero-order chi connectivity index (χ0) is 13.2. The Labute approximate surface area is 97.7 Å². The van der Waals surface area contributed by atoms with E-state index in [2.05, 4.69) is 0 Å². The average molecular weight is 244 g/mol. The summed E-state index contributed by atoms with van der Waals surface area (Å²) in [5.74, 6) is -4.02. The maximum Gasteiger partial charge on any atom is 0.309 e. The molecule has 1 aromatic carbocycles. The van der Waals surface area contributed by atoms with Crippen LogP contribution in [0, 0.1) is 17.6 Å². The zero-order valence-electron chi connectivity index (χ0n) is 9.58. The normalized spacial score (nSPS) is 16.3. The quantitative estimate of drug-likeness (QED) is 0.854. The molecular formula is C12H14F2O3. The molecule has 0 aromatic heterocycles. The topological polar surface area (TPSA) is 57.5 Å². The highest BCUT2D eigenvalue weighted by atomic mass is 19.1. The van der Waals surface area contributed by atoms with Gasteiger partial charge in [0.15, 0.2) is 0 Å². The van der Waals surface area contributed by atoms with Crippen molar-refractivity contribution in [1.82, 2.24) is 0 Å². The number of hydrogen-bond donors (Lipinski definition) is 2. The minimum absolute atomic E-state index is 0.0794. The summed E-state index contributed by atoms with van der Waals surface area (Å²) in [5.41, 5.74) is -1.90. The number of hydrogen-bond acceptors (Lipinski definition) is 2. The molecule has 0 bridgehead atoms. The summed E-state index contributed by atoms with van der Waals surface area (Å²) >= 11 is 0. The van der Waals surface area contributed by atoms with Gasteiger partial charge in [-0.15, -0.1) is 0 Å². The third-order valence-electron chi connectivity index (χ3n) is 2.83. The van der Waals surface area contributed by atoms with E-state index >= 15 is 0 Å². The molecule has 5 heteroatoms. The van der Waals surface area contributed by atoms with Crippen molar-refractivity contribution in [3.05, 3.63) is 35.4 Å². The molecule has 2 atom stereocenters. The van der Waals surface area contributed by atoms with Gasteiger partial charge in [0.2, 0.25) is 0 Å². The molecule has 0 aliphatic carbocycles. The lowest BCUT2D eigenvalue weighted by atomic mass is 9.81. The van der Waals surface area contributed by atoms with E-state index in [9.17, 15) is 18.7 Å². The van der Waals surface area contributed by atoms with Crippen LogP contribution in [0.2, 0.25) is 0 Å². The predicted molar refractivity (Wildman–Crippen MR) is 57.3 cm³/mol. The molecule has 17 heavy (non-hydrogen) atoms. The highest BCUT2D eigenvalue weighted by Gasteiger charge is 2.38. The highest BCUT2D eigenvalue weighted by Crippen LogP contribution is 2.32. The third-order valence-corrected chi connectivity index (χ3v) is 2.83. The maximum absolute atomic E-state index is 13.0. The molecule has 0 saturated carbocycles. The fourth-order valence-corrected chi connectivity index (χ4v) is 1.86. The molecule has 0 aliphatic rings. The Kier molecular flexibility index (Phi) is 3.83. The number of aliphatic hydroxyl groups is 1. The molecule has 0 heterocycles. The minimum atomic E-state index is -1.82. The van der Waals surface area contributed by atoms with Gasteiger partial charge in [-0.25, -0.2) is 8.78 Å². The Hall–Kier alpha value is -1.49. The summed E-state index contributed by atoms with van der Waals surface area (Å²) in [7, 11) is 0. The fourth-order valence-electron chi connectivity index (χ4n) is 1.86. The molecule has 0 spiro atoms. The second-order valence-corrected chi connectivity index (χ2v) is 4.10. The molecule has 2 N–H and O–H groups in total. The summed E-state index contributed by atoms with van der Waals surface area (Å²) in [6.07, 6.45) is 0.153. The molecule has 0 fully saturated rings. The van der Waals surface area contributed by atoms with E-state index in [-0.39, 0.29) is 12.0 Å². The maximum atomic E-state index is 13.0. The first-order valence-corrected chi connectivity index (χ1v) is 5.20. The van der Waals surface area contributed by atoms with E-state index in [0.717, 1.165) is 12.1 Å². The first-order valence-electron chi connectivity index (χ1n) is 5.20. The molecule has 0 amide bonds. The Morgan fingerprint density at radius 1 is 1.35 bits per heavy atom. The van der Waals surface area contributed by atoms with E-state index in [4.69, 9.17) is 5.11 Å². The lowest BCUT2D eigenvalue weighted by Crippen LogP contribution is -2.37. The number of carboxylic acid groups (broad SMARTS) is 1. The smallest absolute Gasteiger partial charge is 0.309 e. The van der Waals surface area contributed by atoms with Crippen molar-refractivity contribution in [1.29, 1.82) is 0 Å². The first-order chi connectivity index (χ1) is 7.78. The van der Waals surface area contributed by atoms with Crippen LogP contribution in [0.3, 0.4) is 0 Å². The lowest BCUT2D eigenvalue weighted by Gasteiger charge is -2.29. The first kappa shape index (κ1) is 13.6. The minimum Gasteiger partial charge on any atom is -0.481 e. The Bertz CT molecular complexity index is 410. The molecule has 94 valence electrons. The van der Waals surface area contributed by atoms with Crippen molar-refractivity contribution in [2.75, 3.05) is 0 Å². The van der Waals surface area contributed by atoms with Crippen molar-refractivity contribution in [2.45, 2.75) is 25.9 Å². The van der Waals surface area contributed by atoms with Gasteiger partial charge in [0, 0.05) is 6.07 Å². The van der Waals surface area contributed by atoms with Crippen LogP contribution >= 0.6 is 0 Å². The van der Waals surface area contributed by atoms with Crippen LogP contribution in [0.25, 0.3) is 0 Å². The summed E-state index contributed by atoms with van der Waals surface area (Å²) in [6.45, 7) is 2.83. The second kappa shape index (κ2) is 4.79. The van der Waals surface area contributed by atoms with Crippen molar-refractivity contribution < 1.29 is 23.8 Å². The largest absolute Gasteiger partial charge is 0.481 e. The van der Waals surface area contributed by atoms with Crippen molar-refractivity contribution in [3.63, 3.8) is 0 Å². The van der Waals surface area contributed by atoms with Gasteiger partial charge in [0.25, 0.3) is 0 Å². The second-order valence-electron chi connectivity index (χ2n) is 4.10. The highest BCUT2D eigenvalue weighted by molar-refractivity contribution is 5.71. The standard InChI is InChI=1S/C12H14F2O3/c1-3-10(11(15)16)12(2,17)7-4-8(13)6-9(14)5-7/h4-6,10,17H,3H2,1-2H3,(H,15,16). The summed E-state index contributed by atoms with van der Waals surface area (Å²) in [4.78, 5) is 11.0. The molecule has 0 radical (unpaired) electrons. The van der Waals surface area contributed by atoms with Crippen LogP contribution in [0.4, 0.5) is 8.78 Å². The number of aliphatic carboxylic acids is 1. The molecular weight excluding hydrogens is 230 g/mol. The third kappa shape index (κ3) is 2.79. The van der Waals surface area contributed by atoms with Crippen molar-refractivity contribution in [2.24, 2.45) is 5.92 Å². The Morgan fingerprint density at radius 2 is 1.82 bits per heavy atom. The number of carboxylic acids is 1. The van der Waals surface area contributed by atoms with Crippen molar-refractivity contribution >= 4 is 5.97 Å². The Balaban J connectivity index is 3.23. The van der Waals surface area contributed by atoms with Gasteiger partial charge in [0.05, 0.1) is 5.92 Å². The van der Waals surface area contributed by atoms with Crippen LogP contribution < -0.4 is 0 Å². The van der Waals surface area contributed by atoms with Crippen molar-refractivity contribution in [3.8, 4) is 0 Å². The Morgan fingerprint density at radius 3 is 2.18 bits per heavy atom. The van der Waals surface area contributed by atoms with Gasteiger partial charge in [-0.3, -0.25) is 4.79 Å². The van der Waals surface area contributed by atoms with E-state index in [1.54, 1.807) is 6.92 Å². The zero-order valence-corrected chi connectivity index (χ0v) is 9.58. The van der Waals surface area contributed by atoms with E-state index in [1.807, 2.05) is 0 Å². The van der Waals surface area contributed by atoms with E-state index < -0.39 is 29.1 Å². The van der Waals surface area contributed by atoms with Gasteiger partial charge in [0.1, 0.15) is 17.2 Å². The molecule has 0 aliphatic heterocycles. The lowest BCUT2D eigenvalue weighted by molar-refractivity contribution is -0.152. The van der Waals surface area contributed by atoms with Crippen LogP contribution in [0.15, 0.2) is 18.2 Å². The fraction of sp³-hybridized carbons (Fsp3) is 0.417. The average Bonchev–Trinajstić information content (AvgIpc) is 2.15. The summed E-state index contributed by atoms with van der Waals surface area (Å²) in [5, 5.41) is 19.1. The number of benzene rings is 1. The van der Waals surface area contributed by atoms with E-state index in [1.165, 1.54) is 6.92 Å². The SMILES string of the molecule is CCC(C(=O)O)C(C)(O)c1cc(F)cc(F)c1. The van der Waals surface area contributed by atoms with Gasteiger partial charge in [-0.05, 0) is 31.0 Å². The molecule has 1 aromatic rings.